The fraction of sp³-hybridized carbons (Fsp3) is 0.524. The molecule has 0 amide bonds. The molecule has 1 aromatic rings. The molecular weight excluding hydrogens is 379 g/mol. The minimum atomic E-state index is 0.354. The molecule has 118 valence electrons. The summed E-state index contributed by atoms with van der Waals surface area (Å²) in [6.07, 6.45) is 17.1. The maximum atomic E-state index is 2.74. The highest BCUT2D eigenvalue weighted by Crippen LogP contribution is 2.46. The SMILES string of the molecule is CCCC1CCC(C2(I)C=CC(c3ccccc3)=CC2)CC1. The van der Waals surface area contributed by atoms with Crippen LogP contribution >= 0.6 is 22.6 Å². The highest BCUT2D eigenvalue weighted by Gasteiger charge is 2.36. The quantitative estimate of drug-likeness (QED) is 0.381. The molecule has 1 atom stereocenters. The third-order valence-electron chi connectivity index (χ3n) is 5.50. The summed E-state index contributed by atoms with van der Waals surface area (Å²) in [6, 6.07) is 10.8. The normalized spacial score (nSPS) is 31.8. The van der Waals surface area contributed by atoms with Crippen LogP contribution in [0.25, 0.3) is 5.57 Å². The fourth-order valence-electron chi connectivity index (χ4n) is 4.12. The Hall–Kier alpha value is -0.570. The van der Waals surface area contributed by atoms with Gasteiger partial charge in [0.2, 0.25) is 0 Å². The van der Waals surface area contributed by atoms with Crippen molar-refractivity contribution in [2.45, 2.75) is 55.3 Å². The van der Waals surface area contributed by atoms with Crippen molar-refractivity contribution in [3.63, 3.8) is 0 Å². The molecule has 1 unspecified atom stereocenters. The second-order valence-corrected chi connectivity index (χ2v) is 9.00. The zero-order chi connectivity index (χ0) is 15.4. The predicted octanol–water partition coefficient (Wildman–Crippen LogP) is 6.81. The van der Waals surface area contributed by atoms with Crippen molar-refractivity contribution in [3.05, 3.63) is 54.1 Å². The van der Waals surface area contributed by atoms with E-state index in [0.29, 0.717) is 3.42 Å². The molecule has 0 saturated heterocycles. The van der Waals surface area contributed by atoms with E-state index in [9.17, 15) is 0 Å². The van der Waals surface area contributed by atoms with Crippen LogP contribution < -0.4 is 0 Å². The summed E-state index contributed by atoms with van der Waals surface area (Å²) in [7, 11) is 0. The molecule has 0 aliphatic heterocycles. The second kappa shape index (κ2) is 7.33. The number of allylic oxidation sites excluding steroid dienone is 4. The van der Waals surface area contributed by atoms with Gasteiger partial charge in [-0.3, -0.25) is 0 Å². The average Bonchev–Trinajstić information content (AvgIpc) is 2.57. The summed E-state index contributed by atoms with van der Waals surface area (Å²) in [5.74, 6) is 1.87. The zero-order valence-corrected chi connectivity index (χ0v) is 15.8. The van der Waals surface area contributed by atoms with Gasteiger partial charge in [0.1, 0.15) is 0 Å². The first-order chi connectivity index (χ1) is 10.7. The van der Waals surface area contributed by atoms with Crippen molar-refractivity contribution in [1.29, 1.82) is 0 Å². The van der Waals surface area contributed by atoms with Gasteiger partial charge in [-0.15, -0.1) is 0 Å². The van der Waals surface area contributed by atoms with Gasteiger partial charge >= 0.3 is 0 Å². The molecule has 0 spiro atoms. The van der Waals surface area contributed by atoms with Crippen molar-refractivity contribution in [1.82, 2.24) is 0 Å². The first-order valence-electron chi connectivity index (χ1n) is 8.85. The van der Waals surface area contributed by atoms with E-state index in [4.69, 9.17) is 0 Å². The van der Waals surface area contributed by atoms with Crippen LogP contribution in [0.4, 0.5) is 0 Å². The number of rotatable bonds is 4. The van der Waals surface area contributed by atoms with Crippen LogP contribution in [0.1, 0.15) is 57.4 Å². The standard InChI is InChI=1S/C21H27I/c1-2-6-17-9-11-20(12-10-17)21(22)15-13-19(14-16-21)18-7-4-3-5-8-18/h3-5,7-8,13-15,17,20H,2,6,9-12,16H2,1H3. The molecule has 0 heterocycles. The highest BCUT2D eigenvalue weighted by atomic mass is 127. The van der Waals surface area contributed by atoms with E-state index in [-0.39, 0.29) is 0 Å². The molecule has 3 rings (SSSR count). The van der Waals surface area contributed by atoms with Crippen LogP contribution in [0.5, 0.6) is 0 Å². The Morgan fingerprint density at radius 2 is 1.82 bits per heavy atom. The summed E-state index contributed by atoms with van der Waals surface area (Å²) < 4.78 is 0.354. The monoisotopic (exact) mass is 406 g/mol. The topological polar surface area (TPSA) is 0 Å². The lowest BCUT2D eigenvalue weighted by atomic mass is 9.72. The van der Waals surface area contributed by atoms with Gasteiger partial charge in [0, 0.05) is 3.42 Å². The number of halogens is 1. The third-order valence-corrected chi connectivity index (χ3v) is 7.19. The molecule has 0 aromatic heterocycles. The van der Waals surface area contributed by atoms with Gasteiger partial charge in [0.25, 0.3) is 0 Å². The maximum Gasteiger partial charge on any atom is 0.0467 e. The van der Waals surface area contributed by atoms with Crippen molar-refractivity contribution in [3.8, 4) is 0 Å². The Labute approximate surface area is 149 Å². The van der Waals surface area contributed by atoms with Gasteiger partial charge in [-0.1, -0.05) is 104 Å². The summed E-state index contributed by atoms with van der Waals surface area (Å²) in [6.45, 7) is 2.33. The van der Waals surface area contributed by atoms with E-state index < -0.39 is 0 Å². The molecule has 1 fully saturated rings. The zero-order valence-electron chi connectivity index (χ0n) is 13.6. The van der Waals surface area contributed by atoms with E-state index in [1.807, 2.05) is 0 Å². The van der Waals surface area contributed by atoms with Crippen LogP contribution in [0.2, 0.25) is 0 Å². The first kappa shape index (κ1) is 16.3. The number of hydrogen-bond acceptors (Lipinski definition) is 0. The minimum absolute atomic E-state index is 0.354. The molecule has 1 aromatic carbocycles. The molecule has 0 nitrogen and oxygen atoms in total. The lowest BCUT2D eigenvalue weighted by molar-refractivity contribution is 0.241. The van der Waals surface area contributed by atoms with Crippen LogP contribution in [-0.2, 0) is 0 Å². The molecule has 1 heteroatoms. The van der Waals surface area contributed by atoms with Gasteiger partial charge in [-0.25, -0.2) is 0 Å². The largest absolute Gasteiger partial charge is 0.0750 e. The Balaban J connectivity index is 1.63. The van der Waals surface area contributed by atoms with Gasteiger partial charge < -0.3 is 0 Å². The van der Waals surface area contributed by atoms with Crippen molar-refractivity contribution >= 4 is 28.2 Å². The van der Waals surface area contributed by atoms with Crippen molar-refractivity contribution in [2.75, 3.05) is 0 Å². The van der Waals surface area contributed by atoms with Crippen LogP contribution in [0.3, 0.4) is 0 Å². The molecule has 2 aliphatic carbocycles. The average molecular weight is 406 g/mol. The van der Waals surface area contributed by atoms with Gasteiger partial charge in [0.05, 0.1) is 0 Å². The van der Waals surface area contributed by atoms with Crippen molar-refractivity contribution < 1.29 is 0 Å². The predicted molar refractivity (Wildman–Crippen MR) is 105 cm³/mol. The molecular formula is C21H27I. The number of benzene rings is 1. The lowest BCUT2D eigenvalue weighted by Crippen LogP contribution is -2.33. The van der Waals surface area contributed by atoms with Gasteiger partial charge in [-0.2, -0.15) is 0 Å². The molecule has 0 bridgehead atoms. The highest BCUT2D eigenvalue weighted by molar-refractivity contribution is 14.1. The molecule has 0 N–H and O–H groups in total. The summed E-state index contributed by atoms with van der Waals surface area (Å²) in [5, 5.41) is 0. The first-order valence-corrected chi connectivity index (χ1v) is 9.93. The Morgan fingerprint density at radius 3 is 2.41 bits per heavy atom. The van der Waals surface area contributed by atoms with E-state index >= 15 is 0 Å². The van der Waals surface area contributed by atoms with Crippen LogP contribution in [-0.4, -0.2) is 3.42 Å². The van der Waals surface area contributed by atoms with Gasteiger partial charge in [-0.05, 0) is 42.2 Å². The lowest BCUT2D eigenvalue weighted by Gasteiger charge is -2.39. The van der Waals surface area contributed by atoms with Crippen molar-refractivity contribution in [2.24, 2.45) is 11.8 Å². The van der Waals surface area contributed by atoms with Crippen LogP contribution in [0, 0.1) is 11.8 Å². The minimum Gasteiger partial charge on any atom is -0.0750 e. The number of alkyl halides is 1. The molecule has 2 aliphatic rings. The summed E-state index contributed by atoms with van der Waals surface area (Å²) in [5.41, 5.74) is 2.75. The molecule has 1 saturated carbocycles. The molecule has 0 radical (unpaired) electrons. The van der Waals surface area contributed by atoms with E-state index in [0.717, 1.165) is 11.8 Å². The van der Waals surface area contributed by atoms with E-state index in [1.54, 1.807) is 0 Å². The van der Waals surface area contributed by atoms with Gasteiger partial charge in [0.15, 0.2) is 0 Å². The second-order valence-electron chi connectivity index (χ2n) is 7.00. The number of hydrogen-bond donors (Lipinski definition) is 0. The fourth-order valence-corrected chi connectivity index (χ4v) is 5.14. The van der Waals surface area contributed by atoms with Crippen LogP contribution in [0.15, 0.2) is 48.6 Å². The molecule has 22 heavy (non-hydrogen) atoms. The summed E-state index contributed by atoms with van der Waals surface area (Å²) >= 11 is 2.74. The Bertz CT molecular complexity index is 534. The maximum absolute atomic E-state index is 2.74. The Morgan fingerprint density at radius 1 is 1.09 bits per heavy atom. The van der Waals surface area contributed by atoms with E-state index in [2.05, 4.69) is 78.1 Å². The third kappa shape index (κ3) is 3.67. The summed E-state index contributed by atoms with van der Waals surface area (Å²) in [4.78, 5) is 0. The smallest absolute Gasteiger partial charge is 0.0467 e. The Kier molecular flexibility index (Phi) is 5.43. The van der Waals surface area contributed by atoms with E-state index in [1.165, 1.54) is 56.1 Å².